The van der Waals surface area contributed by atoms with Crippen LogP contribution >= 0.6 is 0 Å². The van der Waals surface area contributed by atoms with Crippen LogP contribution in [0, 0.1) is 5.92 Å². The lowest BCUT2D eigenvalue weighted by Crippen LogP contribution is -2.43. The molecule has 1 atom stereocenters. The van der Waals surface area contributed by atoms with E-state index in [4.69, 9.17) is 4.74 Å². The number of piperidine rings is 1. The van der Waals surface area contributed by atoms with Crippen LogP contribution in [0.2, 0.25) is 0 Å². The predicted molar refractivity (Wildman–Crippen MR) is 119 cm³/mol. The van der Waals surface area contributed by atoms with Crippen molar-refractivity contribution in [3.05, 3.63) is 59.9 Å². The summed E-state index contributed by atoms with van der Waals surface area (Å²) in [5.41, 5.74) is 2.07. The van der Waals surface area contributed by atoms with Crippen molar-refractivity contribution in [2.45, 2.75) is 38.3 Å². The van der Waals surface area contributed by atoms with Crippen LogP contribution in [0.5, 0.6) is 0 Å². The fourth-order valence-corrected chi connectivity index (χ4v) is 4.10. The molecule has 0 radical (unpaired) electrons. The van der Waals surface area contributed by atoms with Gasteiger partial charge in [-0.05, 0) is 55.5 Å². The minimum absolute atomic E-state index is 0.0137. The molecular formula is C24H28N4O4. The van der Waals surface area contributed by atoms with E-state index < -0.39 is 6.10 Å². The number of pyridine rings is 1. The first-order chi connectivity index (χ1) is 15.6. The third-order valence-corrected chi connectivity index (χ3v) is 5.94. The molecule has 0 aliphatic carbocycles. The van der Waals surface area contributed by atoms with Crippen LogP contribution in [0.4, 0.5) is 5.69 Å². The van der Waals surface area contributed by atoms with Crippen molar-refractivity contribution in [1.29, 1.82) is 0 Å². The van der Waals surface area contributed by atoms with Crippen LogP contribution in [-0.4, -0.2) is 53.4 Å². The number of carbonyl (C=O) groups is 3. The molecule has 1 aromatic heterocycles. The zero-order chi connectivity index (χ0) is 22.3. The van der Waals surface area contributed by atoms with Crippen molar-refractivity contribution in [2.24, 2.45) is 5.92 Å². The molecule has 4 rings (SSSR count). The Morgan fingerprint density at radius 1 is 1.06 bits per heavy atom. The standard InChI is InChI=1S/C24H28N4O4/c29-22(26-16-17-4-2-10-25-15-17)18-8-11-28(12-9-18)24(31)19-5-1-6-20(14-19)27-23(30)21-7-3-13-32-21/h1-2,4-6,10,14-15,18,21H,3,7-9,11-13,16H2,(H,26,29)(H,27,30). The largest absolute Gasteiger partial charge is 0.368 e. The van der Waals surface area contributed by atoms with Gasteiger partial charge in [0.05, 0.1) is 0 Å². The summed E-state index contributed by atoms with van der Waals surface area (Å²) in [7, 11) is 0. The number of benzene rings is 1. The second-order valence-electron chi connectivity index (χ2n) is 8.22. The van der Waals surface area contributed by atoms with Crippen molar-refractivity contribution >= 4 is 23.4 Å². The van der Waals surface area contributed by atoms with Gasteiger partial charge in [-0.1, -0.05) is 12.1 Å². The Morgan fingerprint density at radius 2 is 1.91 bits per heavy atom. The summed E-state index contributed by atoms with van der Waals surface area (Å²) < 4.78 is 5.41. The molecule has 2 aliphatic rings. The van der Waals surface area contributed by atoms with Gasteiger partial charge >= 0.3 is 0 Å². The van der Waals surface area contributed by atoms with Gasteiger partial charge in [0.1, 0.15) is 6.10 Å². The molecule has 2 fully saturated rings. The number of hydrogen-bond acceptors (Lipinski definition) is 5. The quantitative estimate of drug-likeness (QED) is 0.724. The molecule has 3 heterocycles. The van der Waals surface area contributed by atoms with Crippen LogP contribution in [0.15, 0.2) is 48.8 Å². The number of ether oxygens (including phenoxy) is 1. The van der Waals surface area contributed by atoms with Gasteiger partial charge in [-0.15, -0.1) is 0 Å². The zero-order valence-corrected chi connectivity index (χ0v) is 18.0. The minimum Gasteiger partial charge on any atom is -0.368 e. The first-order valence-electron chi connectivity index (χ1n) is 11.1. The Kier molecular flexibility index (Phi) is 7.11. The number of aromatic nitrogens is 1. The van der Waals surface area contributed by atoms with Crippen molar-refractivity contribution in [2.75, 3.05) is 25.0 Å². The van der Waals surface area contributed by atoms with E-state index in [0.717, 1.165) is 18.4 Å². The number of rotatable bonds is 6. The van der Waals surface area contributed by atoms with Crippen LogP contribution in [0.25, 0.3) is 0 Å². The highest BCUT2D eigenvalue weighted by molar-refractivity contribution is 5.98. The molecule has 8 heteroatoms. The van der Waals surface area contributed by atoms with E-state index in [9.17, 15) is 14.4 Å². The van der Waals surface area contributed by atoms with Gasteiger partial charge < -0.3 is 20.3 Å². The molecule has 0 bridgehead atoms. The molecule has 2 N–H and O–H groups in total. The Balaban J connectivity index is 1.27. The topological polar surface area (TPSA) is 101 Å². The number of nitrogens with one attached hydrogen (secondary N) is 2. The molecule has 2 aromatic rings. The Morgan fingerprint density at radius 3 is 2.62 bits per heavy atom. The van der Waals surface area contributed by atoms with Crippen molar-refractivity contribution in [1.82, 2.24) is 15.2 Å². The van der Waals surface area contributed by atoms with Crippen LogP contribution in [-0.2, 0) is 20.9 Å². The monoisotopic (exact) mass is 436 g/mol. The molecule has 168 valence electrons. The van der Waals surface area contributed by atoms with Crippen molar-refractivity contribution in [3.63, 3.8) is 0 Å². The molecule has 32 heavy (non-hydrogen) atoms. The molecule has 1 unspecified atom stereocenters. The lowest BCUT2D eigenvalue weighted by Gasteiger charge is -2.31. The molecule has 8 nitrogen and oxygen atoms in total. The SMILES string of the molecule is O=C(NCc1cccnc1)C1CCN(C(=O)c2cccc(NC(=O)C3CCCO3)c2)CC1. The minimum atomic E-state index is -0.419. The Bertz CT molecular complexity index is 951. The molecule has 1 aromatic carbocycles. The molecule has 0 spiro atoms. The van der Waals surface area contributed by atoms with E-state index in [-0.39, 0.29) is 23.6 Å². The summed E-state index contributed by atoms with van der Waals surface area (Å²) in [5, 5.41) is 5.80. The summed E-state index contributed by atoms with van der Waals surface area (Å²) in [5.74, 6) is -0.356. The lowest BCUT2D eigenvalue weighted by atomic mass is 9.95. The van der Waals surface area contributed by atoms with Crippen LogP contribution < -0.4 is 10.6 Å². The number of hydrogen-bond donors (Lipinski definition) is 2. The van der Waals surface area contributed by atoms with Gasteiger partial charge in [0.25, 0.3) is 11.8 Å². The fourth-order valence-electron chi connectivity index (χ4n) is 4.10. The average Bonchev–Trinajstić information content (AvgIpc) is 3.38. The maximum Gasteiger partial charge on any atom is 0.253 e. The summed E-state index contributed by atoms with van der Waals surface area (Å²) in [6, 6.07) is 10.7. The van der Waals surface area contributed by atoms with E-state index in [1.165, 1.54) is 0 Å². The number of carbonyl (C=O) groups excluding carboxylic acids is 3. The lowest BCUT2D eigenvalue weighted by molar-refractivity contribution is -0.126. The molecular weight excluding hydrogens is 408 g/mol. The van der Waals surface area contributed by atoms with Crippen LogP contribution in [0.3, 0.4) is 0 Å². The maximum atomic E-state index is 13.0. The summed E-state index contributed by atoms with van der Waals surface area (Å²) in [6.45, 7) is 2.11. The van der Waals surface area contributed by atoms with Gasteiger partial charge in [-0.2, -0.15) is 0 Å². The Hall–Kier alpha value is -3.26. The molecule has 2 saturated heterocycles. The van der Waals surface area contributed by atoms with E-state index in [2.05, 4.69) is 15.6 Å². The van der Waals surface area contributed by atoms with Gasteiger partial charge in [-0.25, -0.2) is 0 Å². The molecule has 2 aliphatic heterocycles. The first kappa shape index (κ1) is 22.0. The van der Waals surface area contributed by atoms with Gasteiger partial charge in [0, 0.05) is 55.8 Å². The van der Waals surface area contributed by atoms with Gasteiger partial charge in [0.2, 0.25) is 5.91 Å². The van der Waals surface area contributed by atoms with E-state index in [1.54, 1.807) is 41.6 Å². The van der Waals surface area contributed by atoms with E-state index in [0.29, 0.717) is 50.3 Å². The molecule has 0 saturated carbocycles. The number of anilines is 1. The normalized spacial score (nSPS) is 18.9. The number of amides is 3. The van der Waals surface area contributed by atoms with Crippen LogP contribution in [0.1, 0.15) is 41.6 Å². The highest BCUT2D eigenvalue weighted by atomic mass is 16.5. The second kappa shape index (κ2) is 10.4. The summed E-state index contributed by atoms with van der Waals surface area (Å²) >= 11 is 0. The predicted octanol–water partition coefficient (Wildman–Crippen LogP) is 2.37. The molecule has 3 amide bonds. The van der Waals surface area contributed by atoms with Crippen molar-refractivity contribution in [3.8, 4) is 0 Å². The van der Waals surface area contributed by atoms with Crippen molar-refractivity contribution < 1.29 is 19.1 Å². The number of nitrogens with zero attached hydrogens (tertiary/aromatic N) is 2. The van der Waals surface area contributed by atoms with E-state index >= 15 is 0 Å². The third kappa shape index (κ3) is 5.50. The third-order valence-electron chi connectivity index (χ3n) is 5.94. The summed E-state index contributed by atoms with van der Waals surface area (Å²) in [4.78, 5) is 43.5. The summed E-state index contributed by atoms with van der Waals surface area (Å²) in [6.07, 6.45) is 5.87. The van der Waals surface area contributed by atoms with Gasteiger partial charge in [-0.3, -0.25) is 19.4 Å². The Labute approximate surface area is 187 Å². The zero-order valence-electron chi connectivity index (χ0n) is 18.0. The van der Waals surface area contributed by atoms with Gasteiger partial charge in [0.15, 0.2) is 0 Å². The first-order valence-corrected chi connectivity index (χ1v) is 11.1. The highest BCUT2D eigenvalue weighted by Gasteiger charge is 2.28. The average molecular weight is 437 g/mol. The second-order valence-corrected chi connectivity index (χ2v) is 8.22. The maximum absolute atomic E-state index is 13.0. The number of likely N-dealkylation sites (tertiary alicyclic amines) is 1. The van der Waals surface area contributed by atoms with E-state index in [1.807, 2.05) is 12.1 Å². The fraction of sp³-hybridized carbons (Fsp3) is 0.417. The highest BCUT2D eigenvalue weighted by Crippen LogP contribution is 2.21. The smallest absolute Gasteiger partial charge is 0.253 e.